The van der Waals surface area contributed by atoms with Crippen LogP contribution in [0.1, 0.15) is 31.2 Å². The predicted octanol–water partition coefficient (Wildman–Crippen LogP) is 1.68. The normalized spacial score (nSPS) is 19.8. The average molecular weight is 418 g/mol. The lowest BCUT2D eigenvalue weighted by atomic mass is 10.1. The minimum absolute atomic E-state index is 0.386. The molecular formula is C23H39N5O2. The van der Waals surface area contributed by atoms with Crippen molar-refractivity contribution >= 4 is 5.96 Å². The molecule has 168 valence electrons. The van der Waals surface area contributed by atoms with Gasteiger partial charge in [-0.05, 0) is 37.8 Å². The molecule has 2 saturated heterocycles. The number of aliphatic imine (C=N–C) groups is 1. The fraction of sp³-hybridized carbons (Fsp3) is 0.696. The van der Waals surface area contributed by atoms with Crippen molar-refractivity contribution in [1.29, 1.82) is 0 Å². The molecule has 3 N–H and O–H groups in total. The van der Waals surface area contributed by atoms with Crippen LogP contribution in [-0.2, 0) is 16.0 Å². The lowest BCUT2D eigenvalue weighted by Crippen LogP contribution is -2.39. The summed E-state index contributed by atoms with van der Waals surface area (Å²) in [4.78, 5) is 9.36. The van der Waals surface area contributed by atoms with Crippen LogP contribution in [0.4, 0.5) is 0 Å². The Bertz CT molecular complexity index is 599. The zero-order valence-electron chi connectivity index (χ0n) is 18.3. The van der Waals surface area contributed by atoms with Crippen molar-refractivity contribution in [2.24, 2.45) is 10.7 Å². The average Bonchev–Trinajstić information content (AvgIpc) is 2.79. The molecule has 0 radical (unpaired) electrons. The molecule has 1 aromatic rings. The van der Waals surface area contributed by atoms with Gasteiger partial charge in [0.25, 0.3) is 0 Å². The highest BCUT2D eigenvalue weighted by molar-refractivity contribution is 5.77. The van der Waals surface area contributed by atoms with E-state index in [1.807, 2.05) is 0 Å². The van der Waals surface area contributed by atoms with E-state index in [4.69, 9.17) is 15.2 Å². The van der Waals surface area contributed by atoms with Crippen LogP contribution in [0.5, 0.6) is 0 Å². The van der Waals surface area contributed by atoms with Crippen molar-refractivity contribution in [3.05, 3.63) is 35.9 Å². The van der Waals surface area contributed by atoms with Gasteiger partial charge >= 0.3 is 0 Å². The first-order chi connectivity index (χ1) is 14.8. The van der Waals surface area contributed by atoms with Gasteiger partial charge in [-0.15, -0.1) is 0 Å². The van der Waals surface area contributed by atoms with E-state index in [9.17, 15) is 0 Å². The van der Waals surface area contributed by atoms with E-state index in [2.05, 4.69) is 50.4 Å². The lowest BCUT2D eigenvalue weighted by Gasteiger charge is -2.31. The summed E-state index contributed by atoms with van der Waals surface area (Å²) in [5.74, 6) is 0.547. The molecule has 7 heteroatoms. The fourth-order valence-corrected chi connectivity index (χ4v) is 3.99. The number of benzene rings is 1. The second-order valence-electron chi connectivity index (χ2n) is 8.19. The Hall–Kier alpha value is -1.67. The maximum Gasteiger partial charge on any atom is 0.188 e. The lowest BCUT2D eigenvalue weighted by molar-refractivity contribution is 0.00566. The third-order valence-corrected chi connectivity index (χ3v) is 5.78. The van der Waals surface area contributed by atoms with Crippen molar-refractivity contribution < 1.29 is 9.47 Å². The topological polar surface area (TPSA) is 75.4 Å². The molecule has 0 aromatic heterocycles. The molecule has 0 spiro atoms. The zero-order valence-corrected chi connectivity index (χ0v) is 18.3. The van der Waals surface area contributed by atoms with E-state index in [0.717, 1.165) is 97.9 Å². The van der Waals surface area contributed by atoms with E-state index in [0.29, 0.717) is 12.1 Å². The van der Waals surface area contributed by atoms with Crippen molar-refractivity contribution in [2.45, 2.75) is 38.3 Å². The van der Waals surface area contributed by atoms with E-state index >= 15 is 0 Å². The summed E-state index contributed by atoms with van der Waals surface area (Å²) >= 11 is 0. The van der Waals surface area contributed by atoms with Crippen LogP contribution < -0.4 is 11.1 Å². The van der Waals surface area contributed by atoms with E-state index in [1.54, 1.807) is 0 Å². The number of nitrogens with one attached hydrogen (secondary N) is 1. The highest BCUT2D eigenvalue weighted by atomic mass is 16.5. The monoisotopic (exact) mass is 417 g/mol. The van der Waals surface area contributed by atoms with Crippen molar-refractivity contribution in [1.82, 2.24) is 15.1 Å². The predicted molar refractivity (Wildman–Crippen MR) is 122 cm³/mol. The summed E-state index contributed by atoms with van der Waals surface area (Å²) in [6.07, 6.45) is 4.60. The Morgan fingerprint density at radius 2 is 1.83 bits per heavy atom. The smallest absolute Gasteiger partial charge is 0.188 e. The van der Waals surface area contributed by atoms with Crippen LogP contribution in [0, 0.1) is 0 Å². The first kappa shape index (κ1) is 23.0. The van der Waals surface area contributed by atoms with Gasteiger partial charge in [-0.3, -0.25) is 14.8 Å². The van der Waals surface area contributed by atoms with Gasteiger partial charge in [-0.2, -0.15) is 0 Å². The molecule has 1 aromatic carbocycles. The number of nitrogens with two attached hydrogens (primary N) is 1. The van der Waals surface area contributed by atoms with Gasteiger partial charge in [0.1, 0.15) is 0 Å². The Balaban J connectivity index is 1.16. The molecule has 0 atom stereocenters. The van der Waals surface area contributed by atoms with Crippen molar-refractivity contribution in [3.63, 3.8) is 0 Å². The molecule has 3 rings (SSSR count). The van der Waals surface area contributed by atoms with Gasteiger partial charge in [-0.1, -0.05) is 30.3 Å². The van der Waals surface area contributed by atoms with Crippen LogP contribution in [-0.4, -0.2) is 87.5 Å². The molecule has 0 bridgehead atoms. The number of ether oxygens (including phenoxy) is 2. The second kappa shape index (κ2) is 13.6. The van der Waals surface area contributed by atoms with Gasteiger partial charge in [-0.25, -0.2) is 0 Å². The number of piperidine rings is 1. The molecule has 2 heterocycles. The Morgan fingerprint density at radius 3 is 2.60 bits per heavy atom. The fourth-order valence-electron chi connectivity index (χ4n) is 3.99. The molecule has 7 nitrogen and oxygen atoms in total. The van der Waals surface area contributed by atoms with Gasteiger partial charge in [0.2, 0.25) is 0 Å². The maximum atomic E-state index is 6.06. The van der Waals surface area contributed by atoms with Crippen molar-refractivity contribution in [2.75, 3.05) is 65.6 Å². The summed E-state index contributed by atoms with van der Waals surface area (Å²) in [5.41, 5.74) is 7.35. The summed E-state index contributed by atoms with van der Waals surface area (Å²) in [5, 5.41) is 3.21. The summed E-state index contributed by atoms with van der Waals surface area (Å²) in [7, 11) is 0. The molecule has 0 amide bonds. The minimum Gasteiger partial charge on any atom is -0.379 e. The number of rotatable bonds is 11. The largest absolute Gasteiger partial charge is 0.379 e. The summed E-state index contributed by atoms with van der Waals surface area (Å²) < 4.78 is 11.4. The highest BCUT2D eigenvalue weighted by Gasteiger charge is 2.19. The van der Waals surface area contributed by atoms with Crippen LogP contribution >= 0.6 is 0 Å². The second-order valence-corrected chi connectivity index (χ2v) is 8.19. The van der Waals surface area contributed by atoms with Gasteiger partial charge in [0.15, 0.2) is 5.96 Å². The summed E-state index contributed by atoms with van der Waals surface area (Å²) in [6, 6.07) is 10.7. The number of hydrogen-bond donors (Lipinski definition) is 2. The zero-order chi connectivity index (χ0) is 20.9. The van der Waals surface area contributed by atoms with Crippen LogP contribution in [0.25, 0.3) is 0 Å². The molecule has 30 heavy (non-hydrogen) atoms. The molecule has 2 aliphatic rings. The SMILES string of the molecule is NC(=NCCCOC1CCN(Cc2ccccc2)CC1)NCCCN1CCOCC1. The Labute approximate surface area is 181 Å². The number of nitrogens with zero attached hydrogens (tertiary/aromatic N) is 3. The van der Waals surface area contributed by atoms with Gasteiger partial charge < -0.3 is 20.5 Å². The Kier molecular flexibility index (Phi) is 10.4. The number of morpholine rings is 1. The van der Waals surface area contributed by atoms with Crippen LogP contribution in [0.2, 0.25) is 0 Å². The first-order valence-electron chi connectivity index (χ1n) is 11.5. The molecule has 0 saturated carbocycles. The van der Waals surface area contributed by atoms with E-state index in [1.165, 1.54) is 5.56 Å². The number of likely N-dealkylation sites (tertiary alicyclic amines) is 1. The van der Waals surface area contributed by atoms with E-state index < -0.39 is 0 Å². The van der Waals surface area contributed by atoms with Crippen molar-refractivity contribution in [3.8, 4) is 0 Å². The quantitative estimate of drug-likeness (QED) is 0.324. The molecular weight excluding hydrogens is 378 g/mol. The number of hydrogen-bond acceptors (Lipinski definition) is 5. The first-order valence-corrected chi connectivity index (χ1v) is 11.5. The maximum absolute atomic E-state index is 6.06. The molecule has 0 unspecified atom stereocenters. The Morgan fingerprint density at radius 1 is 1.07 bits per heavy atom. The molecule has 0 aliphatic carbocycles. The standard InChI is InChI=1S/C23H39N5O2/c24-23(25-10-4-12-27-15-18-29-19-16-27)26-11-5-17-30-22-8-13-28(14-9-22)20-21-6-2-1-3-7-21/h1-3,6-7,22H,4-5,8-20H2,(H3,24,25,26). The third-order valence-electron chi connectivity index (χ3n) is 5.78. The van der Waals surface area contributed by atoms with Gasteiger partial charge in [0, 0.05) is 52.4 Å². The minimum atomic E-state index is 0.386. The van der Waals surface area contributed by atoms with Crippen LogP contribution in [0.15, 0.2) is 35.3 Å². The number of guanidine groups is 1. The van der Waals surface area contributed by atoms with Crippen LogP contribution in [0.3, 0.4) is 0 Å². The molecule has 2 fully saturated rings. The summed E-state index contributed by atoms with van der Waals surface area (Å²) in [6.45, 7) is 10.5. The highest BCUT2D eigenvalue weighted by Crippen LogP contribution is 2.16. The molecule has 2 aliphatic heterocycles. The van der Waals surface area contributed by atoms with Gasteiger partial charge in [0.05, 0.1) is 19.3 Å². The third kappa shape index (κ3) is 9.00. The van der Waals surface area contributed by atoms with E-state index in [-0.39, 0.29) is 0 Å².